The summed E-state index contributed by atoms with van der Waals surface area (Å²) in [6.45, 7) is 6.39. The highest BCUT2D eigenvalue weighted by Gasteiger charge is 2.36. The second kappa shape index (κ2) is 7.51. The number of carbonyl (C=O) groups is 1. The van der Waals surface area contributed by atoms with Crippen molar-refractivity contribution in [3.05, 3.63) is 11.7 Å². The predicted molar refractivity (Wildman–Crippen MR) is 78.3 cm³/mol. The molecule has 0 saturated heterocycles. The molecule has 0 aliphatic rings. The molecule has 120 valence electrons. The normalized spacial score (nSPS) is 13.2. The highest BCUT2D eigenvalue weighted by atomic mass is 16.5. The average Bonchev–Trinajstić information content (AvgIpc) is 2.97. The number of carbonyl (C=O) groups excluding carboxylic acids is 1. The van der Waals surface area contributed by atoms with Crippen molar-refractivity contribution < 1.29 is 14.1 Å². The van der Waals surface area contributed by atoms with Crippen molar-refractivity contribution in [3.8, 4) is 0 Å². The number of hydrogen-bond acceptors (Lipinski definition) is 6. The number of methoxy groups -OCH3 is 1. The summed E-state index contributed by atoms with van der Waals surface area (Å²) < 4.78 is 10.3. The molecule has 0 aromatic carbocycles. The van der Waals surface area contributed by atoms with E-state index in [1.807, 2.05) is 20.8 Å². The molecule has 0 saturated carbocycles. The van der Waals surface area contributed by atoms with Gasteiger partial charge in [-0.2, -0.15) is 4.98 Å². The Balaban J connectivity index is 2.78. The van der Waals surface area contributed by atoms with Crippen LogP contribution in [0.5, 0.6) is 0 Å². The Morgan fingerprint density at radius 2 is 2.10 bits per heavy atom. The van der Waals surface area contributed by atoms with Crippen LogP contribution in [0, 0.1) is 5.41 Å². The van der Waals surface area contributed by atoms with Crippen molar-refractivity contribution in [1.29, 1.82) is 0 Å². The number of hydrogen-bond donors (Lipinski definition) is 1. The van der Waals surface area contributed by atoms with Gasteiger partial charge in [0.25, 0.3) is 0 Å². The highest BCUT2D eigenvalue weighted by molar-refractivity contribution is 5.82. The molecule has 0 radical (unpaired) electrons. The van der Waals surface area contributed by atoms with E-state index in [-0.39, 0.29) is 18.6 Å². The van der Waals surface area contributed by atoms with Crippen molar-refractivity contribution in [3.63, 3.8) is 0 Å². The standard InChI is InChI=1S/C14H26N4O3/c1-6-14(7-2,9-15)13(19)18(4)8-11-16-12(17-21-11)10(3)20-5/h10H,6-9,15H2,1-5H3. The molecular weight excluding hydrogens is 272 g/mol. The summed E-state index contributed by atoms with van der Waals surface area (Å²) in [6.07, 6.45) is 1.18. The lowest BCUT2D eigenvalue weighted by Gasteiger charge is -2.32. The van der Waals surface area contributed by atoms with Gasteiger partial charge in [0, 0.05) is 20.7 Å². The molecule has 1 rings (SSSR count). The van der Waals surface area contributed by atoms with E-state index in [0.717, 1.165) is 0 Å². The number of ether oxygens (including phenoxy) is 1. The molecule has 1 unspecified atom stereocenters. The Kier molecular flexibility index (Phi) is 6.29. The van der Waals surface area contributed by atoms with Gasteiger partial charge < -0.3 is 19.9 Å². The smallest absolute Gasteiger partial charge is 0.246 e. The van der Waals surface area contributed by atoms with Gasteiger partial charge in [0.05, 0.1) is 12.0 Å². The molecule has 0 aliphatic carbocycles. The molecule has 21 heavy (non-hydrogen) atoms. The third-order valence-electron chi connectivity index (χ3n) is 4.12. The summed E-state index contributed by atoms with van der Waals surface area (Å²) in [7, 11) is 3.30. The van der Waals surface area contributed by atoms with E-state index in [0.29, 0.717) is 31.1 Å². The Morgan fingerprint density at radius 1 is 1.48 bits per heavy atom. The van der Waals surface area contributed by atoms with Gasteiger partial charge in [0.2, 0.25) is 11.8 Å². The second-order valence-corrected chi connectivity index (χ2v) is 5.28. The third kappa shape index (κ3) is 3.79. The lowest BCUT2D eigenvalue weighted by molar-refractivity contribution is -0.141. The van der Waals surface area contributed by atoms with E-state index in [1.165, 1.54) is 0 Å². The summed E-state index contributed by atoms with van der Waals surface area (Å²) in [4.78, 5) is 18.4. The Bertz CT molecular complexity index is 449. The summed E-state index contributed by atoms with van der Waals surface area (Å²) >= 11 is 0. The molecule has 2 N–H and O–H groups in total. The number of aromatic nitrogens is 2. The minimum atomic E-state index is -0.516. The number of nitrogens with zero attached hydrogens (tertiary/aromatic N) is 3. The van der Waals surface area contributed by atoms with Crippen LogP contribution in [0.1, 0.15) is 51.4 Å². The molecule has 1 heterocycles. The summed E-state index contributed by atoms with van der Waals surface area (Å²) in [5, 5.41) is 3.85. The van der Waals surface area contributed by atoms with Gasteiger partial charge in [-0.1, -0.05) is 19.0 Å². The minimum absolute atomic E-state index is 0.00883. The van der Waals surface area contributed by atoms with E-state index < -0.39 is 5.41 Å². The molecular formula is C14H26N4O3. The van der Waals surface area contributed by atoms with Crippen LogP contribution in [0.2, 0.25) is 0 Å². The molecule has 0 fully saturated rings. The average molecular weight is 298 g/mol. The summed E-state index contributed by atoms with van der Waals surface area (Å²) in [5.41, 5.74) is 5.29. The lowest BCUT2D eigenvalue weighted by Crippen LogP contribution is -2.45. The molecule has 1 atom stereocenters. The zero-order valence-corrected chi connectivity index (χ0v) is 13.5. The van der Waals surface area contributed by atoms with Gasteiger partial charge in [-0.25, -0.2) is 0 Å². The van der Waals surface area contributed by atoms with E-state index in [9.17, 15) is 4.79 Å². The Hall–Kier alpha value is -1.47. The van der Waals surface area contributed by atoms with Crippen LogP contribution in [-0.4, -0.2) is 41.6 Å². The topological polar surface area (TPSA) is 94.5 Å². The second-order valence-electron chi connectivity index (χ2n) is 5.28. The van der Waals surface area contributed by atoms with Crippen LogP contribution in [0.4, 0.5) is 0 Å². The van der Waals surface area contributed by atoms with Crippen molar-refractivity contribution >= 4 is 5.91 Å². The minimum Gasteiger partial charge on any atom is -0.374 e. The fourth-order valence-corrected chi connectivity index (χ4v) is 2.21. The highest BCUT2D eigenvalue weighted by Crippen LogP contribution is 2.27. The maximum atomic E-state index is 12.6. The molecule has 0 aliphatic heterocycles. The van der Waals surface area contributed by atoms with E-state index >= 15 is 0 Å². The number of rotatable bonds is 8. The Labute approximate surface area is 125 Å². The predicted octanol–water partition coefficient (Wildman–Crippen LogP) is 1.50. The van der Waals surface area contributed by atoms with Gasteiger partial charge >= 0.3 is 0 Å². The molecule has 0 spiro atoms. The molecule has 0 bridgehead atoms. The first kappa shape index (κ1) is 17.6. The molecule has 1 aromatic heterocycles. The van der Waals surface area contributed by atoms with Crippen molar-refractivity contribution in [1.82, 2.24) is 15.0 Å². The van der Waals surface area contributed by atoms with Gasteiger partial charge in [-0.05, 0) is 19.8 Å². The quantitative estimate of drug-likeness (QED) is 0.781. The van der Waals surface area contributed by atoms with Crippen LogP contribution >= 0.6 is 0 Å². The van der Waals surface area contributed by atoms with E-state index in [1.54, 1.807) is 19.1 Å². The van der Waals surface area contributed by atoms with E-state index in [2.05, 4.69) is 10.1 Å². The van der Waals surface area contributed by atoms with Crippen LogP contribution < -0.4 is 5.73 Å². The first-order valence-corrected chi connectivity index (χ1v) is 7.25. The lowest BCUT2D eigenvalue weighted by atomic mass is 9.81. The summed E-state index contributed by atoms with van der Waals surface area (Å²) in [6, 6.07) is 0. The molecule has 1 aromatic rings. The first-order chi connectivity index (χ1) is 9.93. The van der Waals surface area contributed by atoms with Gasteiger partial charge in [0.15, 0.2) is 5.82 Å². The van der Waals surface area contributed by atoms with Gasteiger partial charge in [-0.15, -0.1) is 0 Å². The zero-order valence-electron chi connectivity index (χ0n) is 13.5. The van der Waals surface area contributed by atoms with Crippen molar-refractivity contribution in [2.24, 2.45) is 11.1 Å². The van der Waals surface area contributed by atoms with E-state index in [4.69, 9.17) is 15.0 Å². The number of nitrogens with two attached hydrogens (primary N) is 1. The zero-order chi connectivity index (χ0) is 16.0. The molecule has 1 amide bonds. The fourth-order valence-electron chi connectivity index (χ4n) is 2.21. The molecule has 7 nitrogen and oxygen atoms in total. The largest absolute Gasteiger partial charge is 0.374 e. The first-order valence-electron chi connectivity index (χ1n) is 7.25. The van der Waals surface area contributed by atoms with Crippen molar-refractivity contribution in [2.45, 2.75) is 46.3 Å². The maximum Gasteiger partial charge on any atom is 0.246 e. The van der Waals surface area contributed by atoms with Crippen LogP contribution in [0.25, 0.3) is 0 Å². The Morgan fingerprint density at radius 3 is 2.57 bits per heavy atom. The number of amides is 1. The van der Waals surface area contributed by atoms with Crippen LogP contribution in [-0.2, 0) is 16.1 Å². The fraction of sp³-hybridized carbons (Fsp3) is 0.786. The van der Waals surface area contributed by atoms with Gasteiger partial charge in [0.1, 0.15) is 6.10 Å². The van der Waals surface area contributed by atoms with Crippen molar-refractivity contribution in [2.75, 3.05) is 20.7 Å². The monoisotopic (exact) mass is 298 g/mol. The molecule has 7 heteroatoms. The van der Waals surface area contributed by atoms with Crippen LogP contribution in [0.3, 0.4) is 0 Å². The maximum absolute atomic E-state index is 12.6. The third-order valence-corrected chi connectivity index (χ3v) is 4.12. The van der Waals surface area contributed by atoms with Crippen LogP contribution in [0.15, 0.2) is 4.52 Å². The van der Waals surface area contributed by atoms with Gasteiger partial charge in [-0.3, -0.25) is 4.79 Å². The summed E-state index contributed by atoms with van der Waals surface area (Å²) in [5.74, 6) is 0.877. The SMILES string of the molecule is CCC(CC)(CN)C(=O)N(C)Cc1nc(C(C)OC)no1.